The summed E-state index contributed by atoms with van der Waals surface area (Å²) in [5.41, 5.74) is -0.467. The lowest BCUT2D eigenvalue weighted by Gasteiger charge is -2.52. The Bertz CT molecular complexity index is 617. The van der Waals surface area contributed by atoms with Crippen LogP contribution in [0.3, 0.4) is 0 Å². The van der Waals surface area contributed by atoms with Crippen molar-refractivity contribution in [3.63, 3.8) is 0 Å². The van der Waals surface area contributed by atoms with E-state index in [9.17, 15) is 8.78 Å². The molecule has 0 radical (unpaired) electrons. The van der Waals surface area contributed by atoms with Gasteiger partial charge < -0.3 is 4.74 Å². The third kappa shape index (κ3) is 1.91. The molecule has 1 aliphatic heterocycles. The summed E-state index contributed by atoms with van der Waals surface area (Å²) in [6.07, 6.45) is 2.99. The molecule has 0 aliphatic carbocycles. The molecule has 3 rings (SSSR count). The Hall–Kier alpha value is -1.82. The van der Waals surface area contributed by atoms with E-state index in [-0.39, 0.29) is 12.0 Å². The fourth-order valence-electron chi connectivity index (χ4n) is 2.81. The second-order valence-electron chi connectivity index (χ2n) is 5.22. The average molecular weight is 279 g/mol. The van der Waals surface area contributed by atoms with Gasteiger partial charge in [-0.1, -0.05) is 13.0 Å². The van der Waals surface area contributed by atoms with Crippen LogP contribution in [0.1, 0.15) is 19.4 Å². The summed E-state index contributed by atoms with van der Waals surface area (Å²) in [5, 5.41) is 4.04. The van der Waals surface area contributed by atoms with Crippen LogP contribution in [0.25, 0.3) is 0 Å². The third-order valence-electron chi connectivity index (χ3n) is 4.09. The number of hydrogen-bond donors (Lipinski definition) is 0. The van der Waals surface area contributed by atoms with E-state index >= 15 is 0 Å². The summed E-state index contributed by atoms with van der Waals surface area (Å²) >= 11 is 0. The molecule has 2 heterocycles. The monoisotopic (exact) mass is 279 g/mol. The Morgan fingerprint density at radius 2 is 2.15 bits per heavy atom. The second-order valence-corrected chi connectivity index (χ2v) is 5.22. The maximum absolute atomic E-state index is 14.1. The summed E-state index contributed by atoms with van der Waals surface area (Å²) in [4.78, 5) is 3.88. The topological polar surface area (TPSA) is 39.9 Å². The van der Waals surface area contributed by atoms with Crippen molar-refractivity contribution in [1.82, 2.24) is 14.8 Å². The van der Waals surface area contributed by atoms with Crippen molar-refractivity contribution in [3.05, 3.63) is 48.1 Å². The van der Waals surface area contributed by atoms with E-state index in [4.69, 9.17) is 4.74 Å². The third-order valence-corrected chi connectivity index (χ3v) is 4.09. The second kappa shape index (κ2) is 4.63. The van der Waals surface area contributed by atoms with Gasteiger partial charge in [0.2, 0.25) is 0 Å². The van der Waals surface area contributed by atoms with Crippen molar-refractivity contribution in [2.75, 3.05) is 0 Å². The molecule has 3 atom stereocenters. The summed E-state index contributed by atoms with van der Waals surface area (Å²) in [7, 11) is 0. The van der Waals surface area contributed by atoms with Gasteiger partial charge in [-0.2, -0.15) is 5.10 Å². The Morgan fingerprint density at radius 1 is 1.35 bits per heavy atom. The lowest BCUT2D eigenvalue weighted by atomic mass is 9.73. The number of benzene rings is 1. The highest BCUT2D eigenvalue weighted by Gasteiger charge is 2.53. The standard InChI is InChI=1S/C14H15F2N3O/c1-9-10(2)20-14(9,6-19-8-17-7-18-19)12-4-3-11(15)5-13(12)16/h3-5,7-10H,6H2,1-2H3/t9-,10+,14+/m0/s1. The molecule has 0 bridgehead atoms. The highest BCUT2D eigenvalue weighted by atomic mass is 19.1. The zero-order valence-electron chi connectivity index (χ0n) is 11.3. The van der Waals surface area contributed by atoms with Crippen molar-refractivity contribution in [2.45, 2.75) is 32.1 Å². The van der Waals surface area contributed by atoms with Crippen LogP contribution in [0.5, 0.6) is 0 Å². The summed E-state index contributed by atoms with van der Waals surface area (Å²) in [6, 6.07) is 3.59. The molecule has 1 aromatic carbocycles. The molecule has 0 N–H and O–H groups in total. The van der Waals surface area contributed by atoms with Gasteiger partial charge in [-0.3, -0.25) is 0 Å². The summed E-state index contributed by atoms with van der Waals surface area (Å²) in [5.74, 6) is -1.10. The minimum Gasteiger partial charge on any atom is -0.364 e. The quantitative estimate of drug-likeness (QED) is 0.866. The van der Waals surface area contributed by atoms with Crippen LogP contribution in [0.2, 0.25) is 0 Å². The van der Waals surface area contributed by atoms with Gasteiger partial charge in [0, 0.05) is 17.5 Å². The number of aromatic nitrogens is 3. The van der Waals surface area contributed by atoms with Crippen molar-refractivity contribution in [1.29, 1.82) is 0 Å². The lowest BCUT2D eigenvalue weighted by Crippen LogP contribution is -2.57. The zero-order chi connectivity index (χ0) is 14.3. The summed E-state index contributed by atoms with van der Waals surface area (Å²) in [6.45, 7) is 4.28. The van der Waals surface area contributed by atoms with Crippen LogP contribution in [-0.2, 0) is 16.9 Å². The molecule has 6 heteroatoms. The van der Waals surface area contributed by atoms with Crippen LogP contribution in [0.4, 0.5) is 8.78 Å². The SMILES string of the molecule is C[C@H]1O[C@@](Cn2cncn2)(c2ccc(F)cc2F)[C@H]1C. The highest BCUT2D eigenvalue weighted by molar-refractivity contribution is 5.29. The molecule has 0 saturated carbocycles. The van der Waals surface area contributed by atoms with Crippen molar-refractivity contribution in [3.8, 4) is 0 Å². The smallest absolute Gasteiger partial charge is 0.137 e. The van der Waals surface area contributed by atoms with Crippen molar-refractivity contribution in [2.24, 2.45) is 5.92 Å². The first-order valence-electron chi connectivity index (χ1n) is 6.49. The van der Waals surface area contributed by atoms with E-state index in [1.807, 2.05) is 13.8 Å². The van der Waals surface area contributed by atoms with Crippen LogP contribution in [0, 0.1) is 17.6 Å². The van der Waals surface area contributed by atoms with E-state index in [1.165, 1.54) is 18.5 Å². The normalized spacial score (nSPS) is 29.2. The molecule has 1 aliphatic rings. The highest BCUT2D eigenvalue weighted by Crippen LogP contribution is 2.48. The van der Waals surface area contributed by atoms with E-state index in [0.717, 1.165) is 6.07 Å². The first-order chi connectivity index (χ1) is 9.53. The predicted molar refractivity (Wildman–Crippen MR) is 67.8 cm³/mol. The molecule has 0 spiro atoms. The van der Waals surface area contributed by atoms with E-state index in [0.29, 0.717) is 12.1 Å². The molecular weight excluding hydrogens is 264 g/mol. The molecule has 20 heavy (non-hydrogen) atoms. The maximum Gasteiger partial charge on any atom is 0.137 e. The lowest BCUT2D eigenvalue weighted by molar-refractivity contribution is -0.265. The number of hydrogen-bond acceptors (Lipinski definition) is 3. The molecule has 4 nitrogen and oxygen atoms in total. The number of rotatable bonds is 3. The molecular formula is C14H15F2N3O. The fraction of sp³-hybridized carbons (Fsp3) is 0.429. The minimum atomic E-state index is -0.828. The van der Waals surface area contributed by atoms with Crippen LogP contribution >= 0.6 is 0 Å². The van der Waals surface area contributed by atoms with Gasteiger partial charge in [0.25, 0.3) is 0 Å². The Morgan fingerprint density at radius 3 is 2.70 bits per heavy atom. The van der Waals surface area contributed by atoms with E-state index in [1.54, 1.807) is 11.0 Å². The predicted octanol–water partition coefficient (Wildman–Crippen LogP) is 2.51. The first-order valence-corrected chi connectivity index (χ1v) is 6.49. The molecule has 1 saturated heterocycles. The van der Waals surface area contributed by atoms with Crippen molar-refractivity contribution >= 4 is 0 Å². The van der Waals surface area contributed by atoms with Gasteiger partial charge in [-0.25, -0.2) is 18.4 Å². The van der Waals surface area contributed by atoms with Gasteiger partial charge in [-0.05, 0) is 13.0 Å². The maximum atomic E-state index is 14.1. The molecule has 1 fully saturated rings. The summed E-state index contributed by atoms with van der Waals surface area (Å²) < 4.78 is 34.7. The van der Waals surface area contributed by atoms with Gasteiger partial charge in [0.1, 0.15) is 29.9 Å². The largest absolute Gasteiger partial charge is 0.364 e. The van der Waals surface area contributed by atoms with E-state index in [2.05, 4.69) is 10.1 Å². The molecule has 0 amide bonds. The zero-order valence-corrected chi connectivity index (χ0v) is 11.3. The van der Waals surface area contributed by atoms with Gasteiger partial charge >= 0.3 is 0 Å². The Labute approximate surface area is 115 Å². The van der Waals surface area contributed by atoms with E-state index < -0.39 is 17.2 Å². The number of nitrogens with zero attached hydrogens (tertiary/aromatic N) is 3. The fourth-order valence-corrected chi connectivity index (χ4v) is 2.81. The molecule has 0 unspecified atom stereocenters. The Balaban J connectivity index is 2.02. The number of halogens is 2. The van der Waals surface area contributed by atoms with Gasteiger partial charge in [0.15, 0.2) is 0 Å². The molecule has 106 valence electrons. The van der Waals surface area contributed by atoms with Crippen LogP contribution < -0.4 is 0 Å². The van der Waals surface area contributed by atoms with Gasteiger partial charge in [0.05, 0.1) is 12.6 Å². The number of ether oxygens (including phenoxy) is 1. The van der Waals surface area contributed by atoms with Crippen LogP contribution in [-0.4, -0.2) is 20.9 Å². The first kappa shape index (κ1) is 13.2. The minimum absolute atomic E-state index is 0.0166. The average Bonchev–Trinajstić information content (AvgIpc) is 2.90. The molecule has 2 aromatic rings. The van der Waals surface area contributed by atoms with Crippen molar-refractivity contribution < 1.29 is 13.5 Å². The van der Waals surface area contributed by atoms with Gasteiger partial charge in [-0.15, -0.1) is 0 Å². The Kier molecular flexibility index (Phi) is 3.05. The van der Waals surface area contributed by atoms with Crippen LogP contribution in [0.15, 0.2) is 30.9 Å². The molecule has 1 aromatic heterocycles.